The Hall–Kier alpha value is -3.03. The Morgan fingerprint density at radius 1 is 1.03 bits per heavy atom. The first-order valence-corrected chi connectivity index (χ1v) is 12.7. The van der Waals surface area contributed by atoms with Crippen molar-refractivity contribution in [1.82, 2.24) is 9.47 Å². The van der Waals surface area contributed by atoms with Crippen LogP contribution in [-0.4, -0.2) is 61.6 Å². The summed E-state index contributed by atoms with van der Waals surface area (Å²) in [7, 11) is 1.64. The van der Waals surface area contributed by atoms with Gasteiger partial charge in [0.25, 0.3) is 5.56 Å². The van der Waals surface area contributed by atoms with Gasteiger partial charge in [-0.05, 0) is 86.5 Å². The molecule has 4 fully saturated rings. The van der Waals surface area contributed by atoms with Crippen LogP contribution in [0.1, 0.15) is 25.7 Å². The molecule has 7 nitrogen and oxygen atoms in total. The molecule has 4 saturated heterocycles. The standard InChI is InChI=1S/C28H32N2O5/c1-32-26-16-21(4-7-25(26)35-27-17-29-11-8-19(27)9-12-29)30-13-10-20-15-22(5-6-24(20)28(30)31)34-18-23-3-2-14-33-23/h4-7,10,13,15-16,19,23,27H,2-3,8-9,11-12,14,17-18H2,1H3/t23-,27?/m0/s1. The van der Waals surface area contributed by atoms with E-state index in [-0.39, 0.29) is 17.8 Å². The van der Waals surface area contributed by atoms with Gasteiger partial charge in [0.1, 0.15) is 18.5 Å². The molecule has 7 rings (SSSR count). The lowest BCUT2D eigenvalue weighted by atomic mass is 9.86. The van der Waals surface area contributed by atoms with Crippen LogP contribution < -0.4 is 19.8 Å². The van der Waals surface area contributed by atoms with E-state index in [2.05, 4.69) is 4.90 Å². The van der Waals surface area contributed by atoms with Gasteiger partial charge in [-0.25, -0.2) is 0 Å². The molecule has 5 heterocycles. The number of hydrogen-bond acceptors (Lipinski definition) is 6. The summed E-state index contributed by atoms with van der Waals surface area (Å²) in [5.41, 5.74) is 0.662. The summed E-state index contributed by atoms with van der Waals surface area (Å²) in [5, 5.41) is 1.49. The van der Waals surface area contributed by atoms with E-state index in [4.69, 9.17) is 18.9 Å². The summed E-state index contributed by atoms with van der Waals surface area (Å²) >= 11 is 0. The van der Waals surface area contributed by atoms with Crippen LogP contribution in [0.5, 0.6) is 17.2 Å². The fourth-order valence-corrected chi connectivity index (χ4v) is 5.59. The predicted octanol–water partition coefficient (Wildman–Crippen LogP) is 4.03. The average molecular weight is 477 g/mol. The molecule has 0 saturated carbocycles. The molecule has 184 valence electrons. The van der Waals surface area contributed by atoms with Crippen LogP contribution in [0.25, 0.3) is 16.5 Å². The molecule has 1 unspecified atom stereocenters. The Labute approximate surface area is 205 Å². The van der Waals surface area contributed by atoms with E-state index in [0.29, 0.717) is 23.7 Å². The fourth-order valence-electron chi connectivity index (χ4n) is 5.59. The number of rotatable bonds is 7. The van der Waals surface area contributed by atoms with Gasteiger partial charge in [0.15, 0.2) is 11.5 Å². The minimum Gasteiger partial charge on any atom is -0.493 e. The lowest BCUT2D eigenvalue weighted by Crippen LogP contribution is -2.52. The van der Waals surface area contributed by atoms with E-state index in [1.165, 1.54) is 25.9 Å². The van der Waals surface area contributed by atoms with Crippen molar-refractivity contribution in [2.75, 3.05) is 40.0 Å². The second-order valence-corrected chi connectivity index (χ2v) is 9.82. The Morgan fingerprint density at radius 2 is 1.91 bits per heavy atom. The van der Waals surface area contributed by atoms with Crippen LogP contribution in [0, 0.1) is 5.92 Å². The maximum atomic E-state index is 13.3. The van der Waals surface area contributed by atoms with Crippen molar-refractivity contribution in [3.63, 3.8) is 0 Å². The van der Waals surface area contributed by atoms with Gasteiger partial charge in [-0.1, -0.05) is 0 Å². The topological polar surface area (TPSA) is 62.2 Å². The summed E-state index contributed by atoms with van der Waals surface area (Å²) in [5.74, 6) is 2.73. The number of piperidine rings is 3. The van der Waals surface area contributed by atoms with Crippen LogP contribution in [-0.2, 0) is 4.74 Å². The van der Waals surface area contributed by atoms with Crippen LogP contribution in [0.4, 0.5) is 0 Å². The Kier molecular flexibility index (Phi) is 6.12. The van der Waals surface area contributed by atoms with E-state index >= 15 is 0 Å². The number of hydrogen-bond donors (Lipinski definition) is 0. The molecule has 2 atom stereocenters. The molecule has 2 aromatic carbocycles. The molecule has 0 amide bonds. The predicted molar refractivity (Wildman–Crippen MR) is 134 cm³/mol. The summed E-state index contributed by atoms with van der Waals surface area (Å²) in [4.78, 5) is 15.8. The summed E-state index contributed by atoms with van der Waals surface area (Å²) in [6.45, 7) is 4.67. The highest BCUT2D eigenvalue weighted by molar-refractivity contribution is 5.83. The zero-order chi connectivity index (χ0) is 23.8. The zero-order valence-electron chi connectivity index (χ0n) is 20.2. The van der Waals surface area contributed by atoms with E-state index in [0.717, 1.165) is 48.6 Å². The van der Waals surface area contributed by atoms with Gasteiger partial charge in [0.2, 0.25) is 0 Å². The molecule has 7 heteroatoms. The SMILES string of the molecule is COc1cc(-n2ccc3cc(OC[C@@H]4CCCO4)ccc3c2=O)ccc1OC1CN2CCC1CC2. The molecule has 35 heavy (non-hydrogen) atoms. The van der Waals surface area contributed by atoms with Gasteiger partial charge < -0.3 is 18.9 Å². The molecule has 4 aliphatic rings. The van der Waals surface area contributed by atoms with Crippen molar-refractivity contribution >= 4 is 10.8 Å². The van der Waals surface area contributed by atoms with Gasteiger partial charge in [-0.15, -0.1) is 0 Å². The zero-order valence-corrected chi connectivity index (χ0v) is 20.2. The van der Waals surface area contributed by atoms with Crippen LogP contribution in [0.15, 0.2) is 53.5 Å². The molecule has 0 spiro atoms. The van der Waals surface area contributed by atoms with Crippen LogP contribution >= 0.6 is 0 Å². The molecule has 0 radical (unpaired) electrons. The van der Waals surface area contributed by atoms with Crippen molar-refractivity contribution in [3.05, 3.63) is 59.0 Å². The van der Waals surface area contributed by atoms with E-state index in [9.17, 15) is 4.79 Å². The lowest BCUT2D eigenvalue weighted by molar-refractivity contribution is -0.00883. The second kappa shape index (κ2) is 9.55. The normalized spacial score (nSPS) is 25.6. The summed E-state index contributed by atoms with van der Waals surface area (Å²) in [6.07, 6.45) is 6.66. The van der Waals surface area contributed by atoms with E-state index in [1.807, 2.05) is 42.5 Å². The minimum atomic E-state index is -0.0821. The lowest BCUT2D eigenvalue weighted by Gasteiger charge is -2.44. The summed E-state index contributed by atoms with van der Waals surface area (Å²) in [6, 6.07) is 13.3. The van der Waals surface area contributed by atoms with Crippen molar-refractivity contribution < 1.29 is 18.9 Å². The molecular weight excluding hydrogens is 444 g/mol. The van der Waals surface area contributed by atoms with Gasteiger partial charge in [-0.2, -0.15) is 0 Å². The number of ether oxygens (including phenoxy) is 4. The van der Waals surface area contributed by atoms with Crippen molar-refractivity contribution in [2.24, 2.45) is 5.92 Å². The van der Waals surface area contributed by atoms with Crippen molar-refractivity contribution in [1.29, 1.82) is 0 Å². The molecule has 4 aliphatic heterocycles. The quantitative estimate of drug-likeness (QED) is 0.513. The largest absolute Gasteiger partial charge is 0.493 e. The minimum absolute atomic E-state index is 0.0821. The first kappa shape index (κ1) is 22.4. The highest BCUT2D eigenvalue weighted by Crippen LogP contribution is 2.35. The Morgan fingerprint density at radius 3 is 2.66 bits per heavy atom. The number of benzene rings is 2. The first-order chi connectivity index (χ1) is 17.2. The third-order valence-electron chi connectivity index (χ3n) is 7.64. The van der Waals surface area contributed by atoms with Gasteiger partial charge in [0.05, 0.1) is 18.9 Å². The third kappa shape index (κ3) is 4.50. The fraction of sp³-hybridized carbons (Fsp3) is 0.464. The van der Waals surface area contributed by atoms with Crippen molar-refractivity contribution in [3.8, 4) is 22.9 Å². The molecule has 1 aromatic heterocycles. The smallest absolute Gasteiger partial charge is 0.262 e. The van der Waals surface area contributed by atoms with Crippen LogP contribution in [0.2, 0.25) is 0 Å². The maximum Gasteiger partial charge on any atom is 0.262 e. The Bertz CT molecular complexity index is 1260. The molecular formula is C28H32N2O5. The summed E-state index contributed by atoms with van der Waals surface area (Å²) < 4.78 is 25.2. The average Bonchev–Trinajstić information content (AvgIpc) is 3.43. The van der Waals surface area contributed by atoms with Gasteiger partial charge in [0, 0.05) is 30.8 Å². The highest BCUT2D eigenvalue weighted by atomic mass is 16.5. The number of fused-ring (bicyclic) bond motifs is 4. The molecule has 2 bridgehead atoms. The van der Waals surface area contributed by atoms with E-state index in [1.54, 1.807) is 17.9 Å². The number of aromatic nitrogens is 1. The second-order valence-electron chi connectivity index (χ2n) is 9.82. The van der Waals surface area contributed by atoms with Crippen LogP contribution in [0.3, 0.4) is 0 Å². The molecule has 0 aliphatic carbocycles. The monoisotopic (exact) mass is 476 g/mol. The van der Waals surface area contributed by atoms with E-state index < -0.39 is 0 Å². The number of nitrogens with zero attached hydrogens (tertiary/aromatic N) is 2. The molecule has 0 N–H and O–H groups in total. The number of methoxy groups -OCH3 is 1. The number of pyridine rings is 1. The molecule has 3 aromatic rings. The first-order valence-electron chi connectivity index (χ1n) is 12.7. The Balaban J connectivity index is 1.23. The third-order valence-corrected chi connectivity index (χ3v) is 7.64. The maximum absolute atomic E-state index is 13.3. The van der Waals surface area contributed by atoms with Gasteiger partial charge in [-0.3, -0.25) is 14.3 Å². The van der Waals surface area contributed by atoms with Gasteiger partial charge >= 0.3 is 0 Å². The van der Waals surface area contributed by atoms with Crippen molar-refractivity contribution in [2.45, 2.75) is 37.9 Å². The highest BCUT2D eigenvalue weighted by Gasteiger charge is 2.36.